The molecule has 2 aromatic rings. The smallest absolute Gasteiger partial charge is 0.267 e. The Bertz CT molecular complexity index is 484. The number of primary amides is 1. The van der Waals surface area contributed by atoms with Crippen LogP contribution in [0.2, 0.25) is 0 Å². The minimum atomic E-state index is -0.562. The highest BCUT2D eigenvalue weighted by molar-refractivity contribution is 5.91. The van der Waals surface area contributed by atoms with Crippen LogP contribution in [0.25, 0.3) is 11.4 Å². The summed E-state index contributed by atoms with van der Waals surface area (Å²) in [5.74, 6) is -0.0184. The summed E-state index contributed by atoms with van der Waals surface area (Å²) in [6.07, 6.45) is 4.77. The fourth-order valence-electron chi connectivity index (χ4n) is 1.15. The van der Waals surface area contributed by atoms with Crippen molar-refractivity contribution in [2.45, 2.75) is 0 Å². The summed E-state index contributed by atoms with van der Waals surface area (Å²) in [5.41, 5.74) is 6.05. The fourth-order valence-corrected chi connectivity index (χ4v) is 1.15. The molecule has 2 heterocycles. The standard InChI is InChI=1S/C10H8N4O/c11-9(15)8-6-7(2-5-12-8)10-13-3-1-4-14-10/h1-6H,(H2,11,15). The second-order valence-electron chi connectivity index (χ2n) is 2.87. The first-order valence-corrected chi connectivity index (χ1v) is 4.30. The molecule has 0 aliphatic rings. The van der Waals surface area contributed by atoms with Crippen LogP contribution < -0.4 is 5.73 Å². The molecule has 0 bridgehead atoms. The summed E-state index contributed by atoms with van der Waals surface area (Å²) in [6.45, 7) is 0. The maximum absolute atomic E-state index is 10.9. The lowest BCUT2D eigenvalue weighted by atomic mass is 10.2. The maximum Gasteiger partial charge on any atom is 0.267 e. The number of carbonyl (C=O) groups excluding carboxylic acids is 1. The van der Waals surface area contributed by atoms with Gasteiger partial charge < -0.3 is 5.73 Å². The van der Waals surface area contributed by atoms with Crippen LogP contribution in [0.15, 0.2) is 36.8 Å². The Kier molecular flexibility index (Phi) is 2.37. The van der Waals surface area contributed by atoms with Crippen molar-refractivity contribution in [2.75, 3.05) is 0 Å². The first-order valence-electron chi connectivity index (χ1n) is 4.30. The Hall–Kier alpha value is -2.30. The number of nitrogens with two attached hydrogens (primary N) is 1. The highest BCUT2D eigenvalue weighted by Crippen LogP contribution is 2.13. The first kappa shape index (κ1) is 9.26. The van der Waals surface area contributed by atoms with E-state index in [4.69, 9.17) is 5.73 Å². The van der Waals surface area contributed by atoms with E-state index in [2.05, 4.69) is 15.0 Å². The van der Waals surface area contributed by atoms with Crippen LogP contribution in [0.3, 0.4) is 0 Å². The number of pyridine rings is 1. The van der Waals surface area contributed by atoms with E-state index in [0.717, 1.165) is 5.56 Å². The third-order valence-electron chi connectivity index (χ3n) is 1.84. The summed E-state index contributed by atoms with van der Waals surface area (Å²) in [4.78, 5) is 22.9. The van der Waals surface area contributed by atoms with E-state index in [0.29, 0.717) is 5.82 Å². The van der Waals surface area contributed by atoms with Gasteiger partial charge in [0.05, 0.1) is 0 Å². The number of hydrogen-bond donors (Lipinski definition) is 1. The van der Waals surface area contributed by atoms with Crippen molar-refractivity contribution in [2.24, 2.45) is 5.73 Å². The van der Waals surface area contributed by atoms with Gasteiger partial charge in [0.1, 0.15) is 5.69 Å². The molecule has 0 aliphatic carbocycles. The lowest BCUT2D eigenvalue weighted by molar-refractivity contribution is 0.0995. The molecule has 2 N–H and O–H groups in total. The van der Waals surface area contributed by atoms with Crippen LogP contribution in [0.1, 0.15) is 10.5 Å². The van der Waals surface area contributed by atoms with Crippen LogP contribution in [-0.2, 0) is 0 Å². The second-order valence-corrected chi connectivity index (χ2v) is 2.87. The van der Waals surface area contributed by atoms with Crippen molar-refractivity contribution >= 4 is 5.91 Å². The van der Waals surface area contributed by atoms with Gasteiger partial charge in [-0.2, -0.15) is 0 Å². The van der Waals surface area contributed by atoms with Crippen LogP contribution in [-0.4, -0.2) is 20.9 Å². The van der Waals surface area contributed by atoms with Crippen molar-refractivity contribution in [3.05, 3.63) is 42.5 Å². The van der Waals surface area contributed by atoms with Crippen molar-refractivity contribution in [1.82, 2.24) is 15.0 Å². The van der Waals surface area contributed by atoms with Gasteiger partial charge in [0.15, 0.2) is 5.82 Å². The predicted octanol–water partition coefficient (Wildman–Crippen LogP) is 0.637. The van der Waals surface area contributed by atoms with Gasteiger partial charge in [0.25, 0.3) is 5.91 Å². The number of rotatable bonds is 2. The van der Waals surface area contributed by atoms with Gasteiger partial charge in [0.2, 0.25) is 0 Å². The van der Waals surface area contributed by atoms with Gasteiger partial charge in [-0.25, -0.2) is 9.97 Å². The molecular formula is C10H8N4O. The molecule has 5 nitrogen and oxygen atoms in total. The number of carbonyl (C=O) groups is 1. The zero-order chi connectivity index (χ0) is 10.7. The quantitative estimate of drug-likeness (QED) is 0.771. The molecule has 5 heteroatoms. The summed E-state index contributed by atoms with van der Waals surface area (Å²) < 4.78 is 0. The summed E-state index contributed by atoms with van der Waals surface area (Å²) in [7, 11) is 0. The van der Waals surface area contributed by atoms with Gasteiger partial charge >= 0.3 is 0 Å². The van der Waals surface area contributed by atoms with Crippen LogP contribution in [0.4, 0.5) is 0 Å². The predicted molar refractivity (Wildman–Crippen MR) is 53.8 cm³/mol. The SMILES string of the molecule is NC(=O)c1cc(-c2ncccn2)ccn1. The third-order valence-corrected chi connectivity index (χ3v) is 1.84. The van der Waals surface area contributed by atoms with Crippen molar-refractivity contribution in [1.29, 1.82) is 0 Å². The fraction of sp³-hybridized carbons (Fsp3) is 0. The average Bonchev–Trinajstić information content (AvgIpc) is 2.30. The molecule has 0 radical (unpaired) electrons. The number of amides is 1. The molecule has 2 aromatic heterocycles. The minimum absolute atomic E-state index is 0.208. The first-order chi connectivity index (χ1) is 7.27. The molecule has 0 atom stereocenters. The van der Waals surface area contributed by atoms with E-state index in [1.165, 1.54) is 6.20 Å². The Balaban J connectivity index is 2.46. The third kappa shape index (κ3) is 1.96. The molecule has 0 saturated carbocycles. The largest absolute Gasteiger partial charge is 0.364 e. The molecule has 0 spiro atoms. The molecule has 0 fully saturated rings. The van der Waals surface area contributed by atoms with Crippen molar-refractivity contribution in [3.63, 3.8) is 0 Å². The molecule has 2 rings (SSSR count). The van der Waals surface area contributed by atoms with E-state index < -0.39 is 5.91 Å². The number of hydrogen-bond acceptors (Lipinski definition) is 4. The normalized spacial score (nSPS) is 9.87. The summed E-state index contributed by atoms with van der Waals surface area (Å²) >= 11 is 0. The van der Waals surface area contributed by atoms with Crippen LogP contribution in [0.5, 0.6) is 0 Å². The zero-order valence-corrected chi connectivity index (χ0v) is 7.79. The minimum Gasteiger partial charge on any atom is -0.364 e. The summed E-state index contributed by atoms with van der Waals surface area (Å²) in [6, 6.07) is 5.01. The van der Waals surface area contributed by atoms with Crippen molar-refractivity contribution < 1.29 is 4.79 Å². The average molecular weight is 200 g/mol. The molecule has 74 valence electrons. The highest BCUT2D eigenvalue weighted by Gasteiger charge is 2.05. The van der Waals surface area contributed by atoms with Gasteiger partial charge in [-0.15, -0.1) is 0 Å². The van der Waals surface area contributed by atoms with E-state index in [-0.39, 0.29) is 5.69 Å². The van der Waals surface area contributed by atoms with Gasteiger partial charge in [0, 0.05) is 24.2 Å². The van der Waals surface area contributed by atoms with E-state index in [1.807, 2.05) is 0 Å². The Labute approximate surface area is 86.0 Å². The van der Waals surface area contributed by atoms with Crippen LogP contribution in [0, 0.1) is 0 Å². The van der Waals surface area contributed by atoms with E-state index in [1.54, 1.807) is 30.6 Å². The Morgan fingerprint density at radius 3 is 2.53 bits per heavy atom. The summed E-state index contributed by atoms with van der Waals surface area (Å²) in [5, 5.41) is 0. The molecule has 15 heavy (non-hydrogen) atoms. The van der Waals surface area contributed by atoms with Crippen LogP contribution >= 0.6 is 0 Å². The molecule has 0 saturated heterocycles. The van der Waals surface area contributed by atoms with Gasteiger partial charge in [-0.05, 0) is 18.2 Å². The van der Waals surface area contributed by atoms with Gasteiger partial charge in [-0.1, -0.05) is 0 Å². The highest BCUT2D eigenvalue weighted by atomic mass is 16.1. The molecule has 0 aliphatic heterocycles. The zero-order valence-electron chi connectivity index (χ0n) is 7.79. The molecular weight excluding hydrogens is 192 g/mol. The Morgan fingerprint density at radius 2 is 1.87 bits per heavy atom. The number of aromatic nitrogens is 3. The van der Waals surface area contributed by atoms with Crippen molar-refractivity contribution in [3.8, 4) is 11.4 Å². The monoisotopic (exact) mass is 200 g/mol. The van der Waals surface area contributed by atoms with Gasteiger partial charge in [-0.3, -0.25) is 9.78 Å². The van der Waals surface area contributed by atoms with E-state index in [9.17, 15) is 4.79 Å². The van der Waals surface area contributed by atoms with E-state index >= 15 is 0 Å². The maximum atomic E-state index is 10.9. The lowest BCUT2D eigenvalue weighted by Crippen LogP contribution is -2.12. The second kappa shape index (κ2) is 3.83. The molecule has 0 aromatic carbocycles. The molecule has 1 amide bonds. The topological polar surface area (TPSA) is 81.8 Å². The number of nitrogens with zero attached hydrogens (tertiary/aromatic N) is 3. The molecule has 0 unspecified atom stereocenters. The lowest BCUT2D eigenvalue weighted by Gasteiger charge is -1.99. The Morgan fingerprint density at radius 1 is 1.13 bits per heavy atom.